The molecular weight excluding hydrogens is 337 g/mol. The van der Waals surface area contributed by atoms with E-state index in [4.69, 9.17) is 12.2 Å². The van der Waals surface area contributed by atoms with Crippen LogP contribution in [0.15, 0.2) is 4.79 Å². The van der Waals surface area contributed by atoms with Gasteiger partial charge in [0.1, 0.15) is 5.52 Å². The molecule has 0 bridgehead atoms. The second kappa shape index (κ2) is 4.98. The molecule has 1 aliphatic rings. The Kier molecular flexibility index (Phi) is 3.36. The molecule has 2 aromatic rings. The molecule has 1 amide bonds. The first-order chi connectivity index (χ1) is 10.2. The minimum atomic E-state index is -4.67. The Labute approximate surface area is 127 Å². The Bertz CT molecular complexity index is 975. The minimum absolute atomic E-state index is 0.0356. The lowest BCUT2D eigenvalue weighted by Crippen LogP contribution is -2.29. The Balaban J connectivity index is 1.96. The summed E-state index contributed by atoms with van der Waals surface area (Å²) in [6.07, 6.45) is -0.131. The number of nitrogens with zero attached hydrogens (tertiary/aromatic N) is 2. The number of H-pyrrole nitrogens is 3. The Morgan fingerprint density at radius 2 is 2.05 bits per heavy atom. The lowest BCUT2D eigenvalue weighted by Gasteiger charge is -2.14. The molecule has 1 fully saturated rings. The number of aromatic amines is 3. The molecule has 22 heavy (non-hydrogen) atoms. The van der Waals surface area contributed by atoms with Crippen LogP contribution in [0.3, 0.4) is 0 Å². The van der Waals surface area contributed by atoms with E-state index >= 15 is 0 Å². The number of aromatic nitrogens is 4. The van der Waals surface area contributed by atoms with Gasteiger partial charge in [-0.05, 0) is 12.2 Å². The van der Waals surface area contributed by atoms with Gasteiger partial charge in [0, 0.05) is 18.9 Å². The summed E-state index contributed by atoms with van der Waals surface area (Å²) in [5.41, 5.74) is -0.205. The van der Waals surface area contributed by atoms with E-state index < -0.39 is 33.4 Å². The second-order valence-electron chi connectivity index (χ2n) is 4.97. The second-order valence-corrected chi connectivity index (χ2v) is 6.79. The van der Waals surface area contributed by atoms with E-state index in [9.17, 15) is 21.9 Å². The first-order valence-corrected chi connectivity index (χ1v) is 8.14. The third-order valence-electron chi connectivity index (χ3n) is 3.27. The van der Waals surface area contributed by atoms with Crippen molar-refractivity contribution in [1.82, 2.24) is 19.9 Å². The Morgan fingerprint density at radius 3 is 2.73 bits per heavy atom. The van der Waals surface area contributed by atoms with Crippen LogP contribution in [0.4, 0.5) is 9.83 Å². The number of hydrogen-bond acceptors (Lipinski definition) is 6. The van der Waals surface area contributed by atoms with Gasteiger partial charge in [0.2, 0.25) is 11.9 Å². The number of nitrogens with one attached hydrogen (secondary N) is 3. The maximum Gasteiger partial charge on any atom is 0.302 e. The number of fused-ring (bicyclic) bond motifs is 1. The minimum Gasteiger partial charge on any atom is -0.325 e. The van der Waals surface area contributed by atoms with Crippen molar-refractivity contribution in [1.29, 1.82) is 0 Å². The molecule has 1 aliphatic heterocycles. The quantitative estimate of drug-likeness (QED) is 0.527. The van der Waals surface area contributed by atoms with Crippen LogP contribution in [-0.2, 0) is 15.0 Å². The fraction of sp³-hybridized carbons (Fsp3) is 0.400. The SMILES string of the molecule is O=C1CC(CS(=O)(=O)F)CN1c1nc2[nH]c(=S)[nH]c2c(=O)[nH]1. The highest BCUT2D eigenvalue weighted by Gasteiger charge is 2.35. The summed E-state index contributed by atoms with van der Waals surface area (Å²) < 4.78 is 34.3. The normalized spacial score (nSPS) is 19.2. The molecule has 3 N–H and O–H groups in total. The number of halogens is 1. The number of carbonyl (C=O) groups is 1. The number of anilines is 1. The molecule has 9 nitrogen and oxygen atoms in total. The van der Waals surface area contributed by atoms with Crippen LogP contribution in [0.2, 0.25) is 0 Å². The third-order valence-corrected chi connectivity index (χ3v) is 4.35. The van der Waals surface area contributed by atoms with Crippen molar-refractivity contribution in [3.63, 3.8) is 0 Å². The molecule has 0 spiro atoms. The van der Waals surface area contributed by atoms with Gasteiger partial charge >= 0.3 is 10.2 Å². The average Bonchev–Trinajstić information content (AvgIpc) is 2.90. The molecule has 0 aromatic carbocycles. The van der Waals surface area contributed by atoms with Gasteiger partial charge in [-0.25, -0.2) is 0 Å². The molecule has 0 radical (unpaired) electrons. The largest absolute Gasteiger partial charge is 0.325 e. The van der Waals surface area contributed by atoms with E-state index in [1.165, 1.54) is 0 Å². The van der Waals surface area contributed by atoms with E-state index in [1.54, 1.807) is 0 Å². The van der Waals surface area contributed by atoms with E-state index in [2.05, 4.69) is 19.9 Å². The molecule has 3 heterocycles. The number of amides is 1. The lowest BCUT2D eigenvalue weighted by atomic mass is 10.1. The average molecular weight is 347 g/mol. The summed E-state index contributed by atoms with van der Waals surface area (Å²) in [7, 11) is -4.67. The fourth-order valence-corrected chi connectivity index (χ4v) is 3.41. The summed E-state index contributed by atoms with van der Waals surface area (Å²) in [6, 6.07) is 0. The lowest BCUT2D eigenvalue weighted by molar-refractivity contribution is -0.117. The zero-order valence-corrected chi connectivity index (χ0v) is 12.6. The molecule has 3 rings (SSSR count). The van der Waals surface area contributed by atoms with Crippen LogP contribution in [0.5, 0.6) is 0 Å². The molecule has 0 saturated carbocycles. The van der Waals surface area contributed by atoms with Crippen LogP contribution in [0.1, 0.15) is 6.42 Å². The molecule has 2 aromatic heterocycles. The van der Waals surface area contributed by atoms with Crippen LogP contribution in [-0.4, -0.2) is 46.6 Å². The topological polar surface area (TPSA) is 132 Å². The maximum atomic E-state index is 12.7. The predicted molar refractivity (Wildman–Crippen MR) is 77.3 cm³/mol. The van der Waals surface area contributed by atoms with Gasteiger partial charge in [-0.15, -0.1) is 3.89 Å². The van der Waals surface area contributed by atoms with Crippen molar-refractivity contribution in [2.24, 2.45) is 5.92 Å². The van der Waals surface area contributed by atoms with Crippen molar-refractivity contribution in [2.45, 2.75) is 6.42 Å². The van der Waals surface area contributed by atoms with E-state index in [0.29, 0.717) is 0 Å². The standard InChI is InChI=1S/C10H10FN5O4S2/c11-22(19,20)3-4-1-5(17)16(2-4)9-13-7-6(8(18)15-9)12-10(21)14-7/h4H,1-3H2,(H3,12,13,14,15,18,21). The number of hydrogen-bond donors (Lipinski definition) is 3. The molecule has 118 valence electrons. The fourth-order valence-electron chi connectivity index (χ4n) is 2.43. The van der Waals surface area contributed by atoms with Gasteiger partial charge in [-0.3, -0.25) is 19.5 Å². The highest BCUT2D eigenvalue weighted by atomic mass is 32.3. The van der Waals surface area contributed by atoms with E-state index in [-0.39, 0.29) is 34.8 Å². The molecular formula is C10H10FN5O4S2. The monoisotopic (exact) mass is 347 g/mol. The highest BCUT2D eigenvalue weighted by Crippen LogP contribution is 2.23. The molecule has 12 heteroatoms. The predicted octanol–water partition coefficient (Wildman–Crippen LogP) is -0.0390. The smallest absolute Gasteiger partial charge is 0.302 e. The molecule has 0 aliphatic carbocycles. The van der Waals surface area contributed by atoms with Crippen molar-refractivity contribution in [3.8, 4) is 0 Å². The Morgan fingerprint density at radius 1 is 1.32 bits per heavy atom. The van der Waals surface area contributed by atoms with Gasteiger partial charge in [-0.2, -0.15) is 13.4 Å². The first-order valence-electron chi connectivity index (χ1n) is 6.18. The summed E-state index contributed by atoms with van der Waals surface area (Å²) in [4.78, 5) is 36.7. The number of imidazole rings is 1. The van der Waals surface area contributed by atoms with Crippen molar-refractivity contribution >= 4 is 45.5 Å². The van der Waals surface area contributed by atoms with Gasteiger partial charge in [0.15, 0.2) is 10.4 Å². The van der Waals surface area contributed by atoms with Crippen molar-refractivity contribution in [2.75, 3.05) is 17.2 Å². The highest BCUT2D eigenvalue weighted by molar-refractivity contribution is 7.86. The summed E-state index contributed by atoms with van der Waals surface area (Å²) in [5, 5.41) is 0. The summed E-state index contributed by atoms with van der Waals surface area (Å²) >= 11 is 4.86. The van der Waals surface area contributed by atoms with Crippen molar-refractivity contribution in [3.05, 3.63) is 15.1 Å². The molecule has 1 saturated heterocycles. The van der Waals surface area contributed by atoms with E-state index in [1.807, 2.05) is 0 Å². The number of rotatable bonds is 3. The Hall–Kier alpha value is -2.08. The van der Waals surface area contributed by atoms with Crippen LogP contribution < -0.4 is 10.5 Å². The molecule has 1 atom stereocenters. The van der Waals surface area contributed by atoms with Crippen molar-refractivity contribution < 1.29 is 17.1 Å². The van der Waals surface area contributed by atoms with Gasteiger partial charge in [0.25, 0.3) is 5.56 Å². The van der Waals surface area contributed by atoms with Gasteiger partial charge in [-0.1, -0.05) is 0 Å². The van der Waals surface area contributed by atoms with E-state index in [0.717, 1.165) is 4.90 Å². The number of carbonyl (C=O) groups excluding carboxylic acids is 1. The first kappa shape index (κ1) is 14.8. The van der Waals surface area contributed by atoms with Gasteiger partial charge in [0.05, 0.1) is 5.75 Å². The summed E-state index contributed by atoms with van der Waals surface area (Å²) in [6.45, 7) is -0.0401. The third kappa shape index (κ3) is 2.78. The summed E-state index contributed by atoms with van der Waals surface area (Å²) in [5.74, 6) is -1.90. The van der Waals surface area contributed by atoms with Crippen LogP contribution in [0.25, 0.3) is 11.2 Å². The van der Waals surface area contributed by atoms with Crippen LogP contribution in [0, 0.1) is 10.7 Å². The van der Waals surface area contributed by atoms with Crippen LogP contribution >= 0.6 is 12.2 Å². The van der Waals surface area contributed by atoms with Gasteiger partial charge < -0.3 is 9.97 Å². The maximum absolute atomic E-state index is 12.7. The zero-order valence-electron chi connectivity index (χ0n) is 10.9. The molecule has 1 unspecified atom stereocenters. The zero-order chi connectivity index (χ0) is 16.1.